The van der Waals surface area contributed by atoms with E-state index in [9.17, 15) is 4.79 Å². The Bertz CT molecular complexity index is 693. The first-order chi connectivity index (χ1) is 12.6. The quantitative estimate of drug-likeness (QED) is 0.895. The molecule has 5 nitrogen and oxygen atoms in total. The molecule has 2 aromatic carbocycles. The van der Waals surface area contributed by atoms with Crippen LogP contribution < -0.4 is 15.0 Å². The summed E-state index contributed by atoms with van der Waals surface area (Å²) in [5, 5.41) is 3.01. The van der Waals surface area contributed by atoms with Gasteiger partial charge in [0.1, 0.15) is 5.75 Å². The van der Waals surface area contributed by atoms with Crippen LogP contribution in [-0.4, -0.2) is 43.2 Å². The van der Waals surface area contributed by atoms with Crippen molar-refractivity contribution in [3.05, 3.63) is 60.2 Å². The number of urea groups is 1. The second-order valence-corrected chi connectivity index (χ2v) is 6.78. The van der Waals surface area contributed by atoms with Gasteiger partial charge in [-0.3, -0.25) is 0 Å². The molecule has 2 amide bonds. The summed E-state index contributed by atoms with van der Waals surface area (Å²) in [6.45, 7) is 7.73. The van der Waals surface area contributed by atoms with Crippen LogP contribution in [0.3, 0.4) is 0 Å². The third kappa shape index (κ3) is 4.91. The highest BCUT2D eigenvalue weighted by molar-refractivity contribution is 5.74. The summed E-state index contributed by atoms with van der Waals surface area (Å²) in [4.78, 5) is 16.6. The summed E-state index contributed by atoms with van der Waals surface area (Å²) in [7, 11) is 0. The number of anilines is 1. The summed E-state index contributed by atoms with van der Waals surface area (Å²) in [5.74, 6) is 0.854. The fraction of sp³-hybridized carbons (Fsp3) is 0.381. The van der Waals surface area contributed by atoms with Gasteiger partial charge in [0.2, 0.25) is 0 Å². The number of amides is 2. The molecule has 1 N–H and O–H groups in total. The van der Waals surface area contributed by atoms with Crippen molar-refractivity contribution < 1.29 is 9.53 Å². The van der Waals surface area contributed by atoms with E-state index in [1.165, 1.54) is 5.69 Å². The lowest BCUT2D eigenvalue weighted by Crippen LogP contribution is -2.51. The number of hydrogen-bond acceptors (Lipinski definition) is 3. The Labute approximate surface area is 155 Å². The highest BCUT2D eigenvalue weighted by Crippen LogP contribution is 2.16. The van der Waals surface area contributed by atoms with Gasteiger partial charge in [-0.25, -0.2) is 4.79 Å². The lowest BCUT2D eigenvalue weighted by Gasteiger charge is -2.36. The van der Waals surface area contributed by atoms with E-state index < -0.39 is 0 Å². The van der Waals surface area contributed by atoms with Gasteiger partial charge in [0.05, 0.1) is 6.10 Å². The molecule has 0 spiro atoms. The maximum atomic E-state index is 12.4. The van der Waals surface area contributed by atoms with Crippen molar-refractivity contribution >= 4 is 11.7 Å². The Morgan fingerprint density at radius 2 is 1.65 bits per heavy atom. The molecule has 0 radical (unpaired) electrons. The van der Waals surface area contributed by atoms with Crippen LogP contribution >= 0.6 is 0 Å². The number of rotatable bonds is 5. The van der Waals surface area contributed by atoms with Crippen LogP contribution in [0.4, 0.5) is 10.5 Å². The number of nitrogens with zero attached hydrogens (tertiary/aromatic N) is 2. The zero-order chi connectivity index (χ0) is 18.4. The summed E-state index contributed by atoms with van der Waals surface area (Å²) >= 11 is 0. The number of para-hydroxylation sites is 1. The fourth-order valence-electron chi connectivity index (χ4n) is 3.05. The molecule has 0 aliphatic carbocycles. The second-order valence-electron chi connectivity index (χ2n) is 6.78. The molecule has 1 fully saturated rings. The molecular formula is C21H27N3O2. The minimum absolute atomic E-state index is 0.000202. The van der Waals surface area contributed by atoms with Crippen LogP contribution in [0.25, 0.3) is 0 Å². The average Bonchev–Trinajstić information content (AvgIpc) is 2.67. The minimum Gasteiger partial charge on any atom is -0.491 e. The summed E-state index contributed by atoms with van der Waals surface area (Å²) < 4.78 is 5.64. The fourth-order valence-corrected chi connectivity index (χ4v) is 3.05. The zero-order valence-corrected chi connectivity index (χ0v) is 15.5. The molecule has 5 heteroatoms. The molecule has 0 unspecified atom stereocenters. The molecule has 0 bridgehead atoms. The van der Waals surface area contributed by atoms with Crippen LogP contribution in [-0.2, 0) is 6.54 Å². The molecule has 1 aliphatic rings. The monoisotopic (exact) mass is 353 g/mol. The van der Waals surface area contributed by atoms with Gasteiger partial charge < -0.3 is 19.9 Å². The van der Waals surface area contributed by atoms with E-state index >= 15 is 0 Å². The maximum absolute atomic E-state index is 12.4. The first-order valence-corrected chi connectivity index (χ1v) is 9.20. The summed E-state index contributed by atoms with van der Waals surface area (Å²) in [6, 6.07) is 18.2. The van der Waals surface area contributed by atoms with E-state index in [1.54, 1.807) is 0 Å². The van der Waals surface area contributed by atoms with Gasteiger partial charge >= 0.3 is 6.03 Å². The number of nitrogens with one attached hydrogen (secondary N) is 1. The molecule has 138 valence electrons. The molecule has 3 rings (SSSR count). The lowest BCUT2D eigenvalue weighted by atomic mass is 10.2. The summed E-state index contributed by atoms with van der Waals surface area (Å²) in [5.41, 5.74) is 2.29. The number of benzene rings is 2. The van der Waals surface area contributed by atoms with E-state index in [2.05, 4.69) is 22.3 Å². The Kier molecular flexibility index (Phi) is 6.00. The number of carbonyl (C=O) groups is 1. The van der Waals surface area contributed by atoms with Crippen LogP contribution in [0.15, 0.2) is 54.6 Å². The smallest absolute Gasteiger partial charge is 0.317 e. The van der Waals surface area contributed by atoms with Crippen LogP contribution in [0.1, 0.15) is 19.4 Å². The molecule has 1 heterocycles. The van der Waals surface area contributed by atoms with Crippen molar-refractivity contribution in [1.29, 1.82) is 0 Å². The van der Waals surface area contributed by atoms with Crippen molar-refractivity contribution in [1.82, 2.24) is 10.2 Å². The van der Waals surface area contributed by atoms with Crippen molar-refractivity contribution in [2.75, 3.05) is 31.1 Å². The van der Waals surface area contributed by atoms with Crippen molar-refractivity contribution in [3.63, 3.8) is 0 Å². The van der Waals surface area contributed by atoms with Gasteiger partial charge in [-0.05, 0) is 43.7 Å². The minimum atomic E-state index is 0.000202. The Balaban J connectivity index is 1.44. The highest BCUT2D eigenvalue weighted by Gasteiger charge is 2.20. The lowest BCUT2D eigenvalue weighted by molar-refractivity contribution is 0.194. The van der Waals surface area contributed by atoms with Crippen LogP contribution in [0, 0.1) is 0 Å². The standard InChI is InChI=1S/C21H27N3O2/c1-17(2)26-20-10-8-18(9-11-20)16-22-21(25)24-14-12-23(13-15-24)19-6-4-3-5-7-19/h3-11,17H,12-16H2,1-2H3,(H,22,25). The van der Waals surface area contributed by atoms with Gasteiger partial charge in [0.25, 0.3) is 0 Å². The second kappa shape index (κ2) is 8.61. The number of ether oxygens (including phenoxy) is 1. The number of carbonyl (C=O) groups excluding carboxylic acids is 1. The number of piperazine rings is 1. The first kappa shape index (κ1) is 18.1. The van der Waals surface area contributed by atoms with E-state index in [0.717, 1.165) is 37.5 Å². The van der Waals surface area contributed by atoms with Crippen molar-refractivity contribution in [2.45, 2.75) is 26.5 Å². The largest absolute Gasteiger partial charge is 0.491 e. The predicted octanol–water partition coefficient (Wildman–Crippen LogP) is 3.51. The maximum Gasteiger partial charge on any atom is 0.317 e. The Morgan fingerprint density at radius 3 is 2.27 bits per heavy atom. The van der Waals surface area contributed by atoms with E-state index in [-0.39, 0.29) is 12.1 Å². The van der Waals surface area contributed by atoms with Gasteiger partial charge in [0, 0.05) is 38.4 Å². The third-order valence-electron chi connectivity index (χ3n) is 4.43. The normalized spacial score (nSPS) is 14.4. The topological polar surface area (TPSA) is 44.8 Å². The first-order valence-electron chi connectivity index (χ1n) is 9.20. The third-order valence-corrected chi connectivity index (χ3v) is 4.43. The van der Waals surface area contributed by atoms with Gasteiger partial charge in [-0.2, -0.15) is 0 Å². The van der Waals surface area contributed by atoms with Crippen LogP contribution in [0.2, 0.25) is 0 Å². The molecule has 0 atom stereocenters. The van der Waals surface area contributed by atoms with Gasteiger partial charge in [0.15, 0.2) is 0 Å². The molecule has 26 heavy (non-hydrogen) atoms. The molecule has 2 aromatic rings. The van der Waals surface area contributed by atoms with Crippen molar-refractivity contribution in [3.8, 4) is 5.75 Å². The molecule has 1 saturated heterocycles. The van der Waals surface area contributed by atoms with Gasteiger partial charge in [-0.1, -0.05) is 30.3 Å². The SMILES string of the molecule is CC(C)Oc1ccc(CNC(=O)N2CCN(c3ccccc3)CC2)cc1. The Hall–Kier alpha value is -2.69. The molecular weight excluding hydrogens is 326 g/mol. The van der Waals surface area contributed by atoms with Gasteiger partial charge in [-0.15, -0.1) is 0 Å². The zero-order valence-electron chi connectivity index (χ0n) is 15.5. The predicted molar refractivity (Wildman–Crippen MR) is 105 cm³/mol. The van der Waals surface area contributed by atoms with Crippen molar-refractivity contribution in [2.24, 2.45) is 0 Å². The molecule has 0 saturated carbocycles. The van der Waals surface area contributed by atoms with E-state index in [1.807, 2.05) is 61.2 Å². The van der Waals surface area contributed by atoms with Crippen LogP contribution in [0.5, 0.6) is 5.75 Å². The highest BCUT2D eigenvalue weighted by atomic mass is 16.5. The summed E-state index contributed by atoms with van der Waals surface area (Å²) in [6.07, 6.45) is 0.162. The van der Waals surface area contributed by atoms with E-state index in [0.29, 0.717) is 6.54 Å². The average molecular weight is 353 g/mol. The molecule has 1 aliphatic heterocycles. The number of hydrogen-bond donors (Lipinski definition) is 1. The Morgan fingerprint density at radius 1 is 1.00 bits per heavy atom. The molecule has 0 aromatic heterocycles. The van der Waals surface area contributed by atoms with E-state index in [4.69, 9.17) is 4.74 Å².